The number of hydrogen-bond donors (Lipinski definition) is 1. The van der Waals surface area contributed by atoms with Crippen molar-refractivity contribution < 1.29 is 5.21 Å². The van der Waals surface area contributed by atoms with E-state index in [0.29, 0.717) is 5.92 Å². The lowest BCUT2D eigenvalue weighted by Crippen LogP contribution is -2.31. The summed E-state index contributed by atoms with van der Waals surface area (Å²) in [6, 6.07) is 0. The van der Waals surface area contributed by atoms with Crippen molar-refractivity contribution in [1.82, 2.24) is 0 Å². The van der Waals surface area contributed by atoms with Gasteiger partial charge >= 0.3 is 0 Å². The SMILES string of the molecule is O/N=C1/CCC[C@H]2CCCC[C@H]12. The lowest BCUT2D eigenvalue weighted by Gasteiger charge is -2.35. The zero-order valence-corrected chi connectivity index (χ0v) is 7.50. The first-order chi connectivity index (χ1) is 5.92. The van der Waals surface area contributed by atoms with Crippen LogP contribution in [0.1, 0.15) is 44.9 Å². The van der Waals surface area contributed by atoms with Gasteiger partial charge in [0.1, 0.15) is 0 Å². The second-order valence-corrected chi connectivity index (χ2v) is 4.13. The van der Waals surface area contributed by atoms with E-state index in [1.165, 1.54) is 38.5 Å². The Morgan fingerprint density at radius 3 is 2.67 bits per heavy atom. The molecule has 0 aromatic carbocycles. The first-order valence-electron chi connectivity index (χ1n) is 5.12. The van der Waals surface area contributed by atoms with Gasteiger partial charge in [0.2, 0.25) is 0 Å². The number of rotatable bonds is 0. The van der Waals surface area contributed by atoms with Gasteiger partial charge in [0.15, 0.2) is 0 Å². The second kappa shape index (κ2) is 3.46. The third-order valence-corrected chi connectivity index (χ3v) is 3.47. The van der Waals surface area contributed by atoms with Crippen LogP contribution < -0.4 is 0 Å². The molecule has 2 nitrogen and oxygen atoms in total. The molecule has 1 N–H and O–H groups in total. The maximum atomic E-state index is 8.82. The number of nitrogens with zero attached hydrogens (tertiary/aromatic N) is 1. The summed E-state index contributed by atoms with van der Waals surface area (Å²) < 4.78 is 0. The van der Waals surface area contributed by atoms with Gasteiger partial charge in [-0.05, 0) is 38.0 Å². The van der Waals surface area contributed by atoms with Gasteiger partial charge in [0.25, 0.3) is 0 Å². The average Bonchev–Trinajstić information content (AvgIpc) is 2.17. The molecule has 2 aliphatic rings. The Balaban J connectivity index is 2.09. The summed E-state index contributed by atoms with van der Waals surface area (Å²) in [5, 5.41) is 12.3. The maximum Gasteiger partial charge on any atom is 0.0604 e. The summed E-state index contributed by atoms with van der Waals surface area (Å²) in [6.07, 6.45) is 9.00. The highest BCUT2D eigenvalue weighted by molar-refractivity contribution is 5.87. The van der Waals surface area contributed by atoms with Gasteiger partial charge in [-0.25, -0.2) is 0 Å². The van der Waals surface area contributed by atoms with Gasteiger partial charge in [-0.1, -0.05) is 18.0 Å². The van der Waals surface area contributed by atoms with E-state index in [4.69, 9.17) is 5.21 Å². The zero-order chi connectivity index (χ0) is 8.39. The number of hydrogen-bond acceptors (Lipinski definition) is 2. The van der Waals surface area contributed by atoms with Crippen molar-refractivity contribution in [2.45, 2.75) is 44.9 Å². The van der Waals surface area contributed by atoms with Gasteiger partial charge in [-0.2, -0.15) is 0 Å². The van der Waals surface area contributed by atoms with Crippen molar-refractivity contribution in [3.63, 3.8) is 0 Å². The summed E-state index contributed by atoms with van der Waals surface area (Å²) in [7, 11) is 0. The van der Waals surface area contributed by atoms with Gasteiger partial charge in [-0.15, -0.1) is 0 Å². The minimum absolute atomic E-state index is 0.637. The Kier molecular flexibility index (Phi) is 2.33. The summed E-state index contributed by atoms with van der Waals surface area (Å²) in [5.41, 5.74) is 1.09. The molecule has 0 aromatic rings. The molecule has 0 spiro atoms. The highest BCUT2D eigenvalue weighted by atomic mass is 16.4. The van der Waals surface area contributed by atoms with E-state index in [-0.39, 0.29) is 0 Å². The van der Waals surface area contributed by atoms with Crippen molar-refractivity contribution >= 4 is 5.71 Å². The van der Waals surface area contributed by atoms with E-state index in [0.717, 1.165) is 18.1 Å². The van der Waals surface area contributed by atoms with E-state index in [1.54, 1.807) is 0 Å². The van der Waals surface area contributed by atoms with E-state index in [9.17, 15) is 0 Å². The predicted molar refractivity (Wildman–Crippen MR) is 48.5 cm³/mol. The van der Waals surface area contributed by atoms with E-state index in [2.05, 4.69) is 5.16 Å². The van der Waals surface area contributed by atoms with Crippen LogP contribution in [-0.2, 0) is 0 Å². The summed E-state index contributed by atoms with van der Waals surface area (Å²) in [5.74, 6) is 1.48. The highest BCUT2D eigenvalue weighted by Crippen LogP contribution is 2.38. The molecule has 2 atom stereocenters. The molecule has 0 radical (unpaired) electrons. The van der Waals surface area contributed by atoms with Gasteiger partial charge in [0.05, 0.1) is 5.71 Å². The molecule has 2 fully saturated rings. The summed E-state index contributed by atoms with van der Waals surface area (Å²) in [4.78, 5) is 0. The lowest BCUT2D eigenvalue weighted by molar-refractivity contribution is 0.243. The fourth-order valence-electron chi connectivity index (χ4n) is 2.85. The molecular weight excluding hydrogens is 150 g/mol. The molecule has 0 aliphatic heterocycles. The van der Waals surface area contributed by atoms with Crippen LogP contribution in [0.4, 0.5) is 0 Å². The van der Waals surface area contributed by atoms with Gasteiger partial charge in [-0.3, -0.25) is 0 Å². The third kappa shape index (κ3) is 1.35. The van der Waals surface area contributed by atoms with Crippen molar-refractivity contribution in [3.05, 3.63) is 0 Å². The first-order valence-corrected chi connectivity index (χ1v) is 5.12. The van der Waals surface area contributed by atoms with Crippen LogP contribution in [0.3, 0.4) is 0 Å². The Bertz CT molecular complexity index is 186. The standard InChI is InChI=1S/C10H17NO/c12-11-10-7-3-5-8-4-1-2-6-9(8)10/h8-9,12H,1-7H2/b11-10-/t8-,9+/m1/s1. The fraction of sp³-hybridized carbons (Fsp3) is 0.900. The third-order valence-electron chi connectivity index (χ3n) is 3.47. The Morgan fingerprint density at radius 1 is 1.08 bits per heavy atom. The zero-order valence-electron chi connectivity index (χ0n) is 7.50. The second-order valence-electron chi connectivity index (χ2n) is 4.13. The molecule has 68 valence electrons. The molecule has 0 bridgehead atoms. The average molecular weight is 167 g/mol. The van der Waals surface area contributed by atoms with Crippen LogP contribution in [0.15, 0.2) is 5.16 Å². The molecule has 2 heteroatoms. The molecule has 2 saturated carbocycles. The summed E-state index contributed by atoms with van der Waals surface area (Å²) >= 11 is 0. The first kappa shape index (κ1) is 8.09. The largest absolute Gasteiger partial charge is 0.411 e. The quantitative estimate of drug-likeness (QED) is 0.436. The normalized spacial score (nSPS) is 39.5. The van der Waals surface area contributed by atoms with Crippen LogP contribution in [0.5, 0.6) is 0 Å². The highest BCUT2D eigenvalue weighted by Gasteiger charge is 2.32. The minimum Gasteiger partial charge on any atom is -0.411 e. The van der Waals surface area contributed by atoms with Crippen molar-refractivity contribution in [2.75, 3.05) is 0 Å². The molecule has 0 amide bonds. The molecule has 2 aliphatic carbocycles. The van der Waals surface area contributed by atoms with Crippen LogP contribution in [-0.4, -0.2) is 10.9 Å². The minimum atomic E-state index is 0.637. The molecule has 12 heavy (non-hydrogen) atoms. The van der Waals surface area contributed by atoms with E-state index >= 15 is 0 Å². The number of oxime groups is 1. The summed E-state index contributed by atoms with van der Waals surface area (Å²) in [6.45, 7) is 0. The van der Waals surface area contributed by atoms with Gasteiger partial charge < -0.3 is 5.21 Å². The van der Waals surface area contributed by atoms with Crippen LogP contribution in [0, 0.1) is 11.8 Å². The predicted octanol–water partition coefficient (Wildman–Crippen LogP) is 2.81. The Hall–Kier alpha value is -0.530. The lowest BCUT2D eigenvalue weighted by atomic mass is 9.70. The topological polar surface area (TPSA) is 32.6 Å². The number of fused-ring (bicyclic) bond motifs is 1. The fourth-order valence-corrected chi connectivity index (χ4v) is 2.85. The van der Waals surface area contributed by atoms with Crippen LogP contribution >= 0.6 is 0 Å². The molecular formula is C10H17NO. The smallest absolute Gasteiger partial charge is 0.0604 e. The Morgan fingerprint density at radius 2 is 1.83 bits per heavy atom. The van der Waals surface area contributed by atoms with Crippen molar-refractivity contribution in [3.8, 4) is 0 Å². The maximum absolute atomic E-state index is 8.82. The molecule has 0 saturated heterocycles. The molecule has 2 rings (SSSR count). The van der Waals surface area contributed by atoms with Gasteiger partial charge in [0, 0.05) is 5.92 Å². The van der Waals surface area contributed by atoms with E-state index in [1.807, 2.05) is 0 Å². The molecule has 0 unspecified atom stereocenters. The van der Waals surface area contributed by atoms with Crippen molar-refractivity contribution in [2.24, 2.45) is 17.0 Å². The van der Waals surface area contributed by atoms with Crippen molar-refractivity contribution in [1.29, 1.82) is 0 Å². The van der Waals surface area contributed by atoms with E-state index < -0.39 is 0 Å². The van der Waals surface area contributed by atoms with Crippen LogP contribution in [0.2, 0.25) is 0 Å². The monoisotopic (exact) mass is 167 g/mol. The molecule has 0 heterocycles. The Labute approximate surface area is 73.7 Å². The van der Waals surface area contributed by atoms with Crippen LogP contribution in [0.25, 0.3) is 0 Å². The molecule has 0 aromatic heterocycles.